The van der Waals surface area contributed by atoms with E-state index in [1.165, 1.54) is 99.8 Å². The van der Waals surface area contributed by atoms with Crippen LogP contribution in [0, 0.1) is 0 Å². The molecule has 3 aromatic carbocycles. The van der Waals surface area contributed by atoms with Crippen LogP contribution in [0.25, 0.3) is 0 Å². The highest BCUT2D eigenvalue weighted by Crippen LogP contribution is 2.26. The van der Waals surface area contributed by atoms with Crippen LogP contribution in [0.1, 0.15) is 90.4 Å². The van der Waals surface area contributed by atoms with Gasteiger partial charge >= 0.3 is 0 Å². The lowest BCUT2D eigenvalue weighted by atomic mass is 9.86. The Bertz CT molecular complexity index is 2180. The number of nitrogens with one attached hydrogen (secondary N) is 9. The Hall–Kier alpha value is -8.31. The molecule has 1 fully saturated rings. The highest BCUT2D eigenvalue weighted by atomic mass is 16.5. The van der Waals surface area contributed by atoms with Gasteiger partial charge in [0.05, 0.1) is 42.7 Å². The van der Waals surface area contributed by atoms with Crippen molar-refractivity contribution in [3.8, 4) is 34.5 Å². The Morgan fingerprint density at radius 2 is 0.600 bits per heavy atom. The SMILES string of the molecule is COc1cc(OC)cc(C(=O)NC(CCNC(C)=O)C(=O)N[C@H]2C[C@@H](NC(=O)[C@H](CCNC(C)=O)NC(=O)c3cc(OC)cc(OC)c3)C[C@@H](NC(=O)[C@H](CCNC(C)=O)NC(=O)c3cc(OC)cc(OC)c3)C2)c1. The van der Waals surface area contributed by atoms with E-state index in [4.69, 9.17) is 28.4 Å². The zero-order chi connectivity index (χ0) is 55.2. The lowest BCUT2D eigenvalue weighted by Gasteiger charge is -2.38. The summed E-state index contributed by atoms with van der Waals surface area (Å²) in [6.07, 6.45) is 0.119. The topological polar surface area (TPSA) is 317 Å². The Labute approximate surface area is 435 Å². The zero-order valence-corrected chi connectivity index (χ0v) is 43.6. The van der Waals surface area contributed by atoms with E-state index in [0.717, 1.165) is 0 Å². The largest absolute Gasteiger partial charge is 0.497 e. The first-order valence-corrected chi connectivity index (χ1v) is 24.0. The molecule has 0 radical (unpaired) electrons. The van der Waals surface area contributed by atoms with Crippen LogP contribution in [0.4, 0.5) is 0 Å². The van der Waals surface area contributed by atoms with E-state index in [1.807, 2.05) is 0 Å². The molecule has 75 heavy (non-hydrogen) atoms. The molecule has 6 atom stereocenters. The van der Waals surface area contributed by atoms with Gasteiger partial charge in [0.1, 0.15) is 52.6 Å². The second-order valence-electron chi connectivity index (χ2n) is 17.5. The normalized spacial score (nSPS) is 15.9. The number of methoxy groups -OCH3 is 6. The third-order valence-corrected chi connectivity index (χ3v) is 11.9. The number of ether oxygens (including phenoxy) is 6. The predicted octanol–water partition coefficient (Wildman–Crippen LogP) is 0.651. The average Bonchev–Trinajstić information content (AvgIpc) is 3.38. The van der Waals surface area contributed by atoms with Crippen molar-refractivity contribution in [3.63, 3.8) is 0 Å². The summed E-state index contributed by atoms with van der Waals surface area (Å²) < 4.78 is 32.0. The fourth-order valence-electron chi connectivity index (χ4n) is 8.10. The maximum atomic E-state index is 14.4. The molecule has 1 aliphatic carbocycles. The van der Waals surface area contributed by atoms with Gasteiger partial charge in [0.25, 0.3) is 17.7 Å². The van der Waals surface area contributed by atoms with Gasteiger partial charge in [0.15, 0.2) is 0 Å². The summed E-state index contributed by atoms with van der Waals surface area (Å²) in [7, 11) is 8.50. The Kier molecular flexibility index (Phi) is 23.2. The Morgan fingerprint density at radius 3 is 0.787 bits per heavy atom. The molecule has 0 aliphatic heterocycles. The predicted molar refractivity (Wildman–Crippen MR) is 272 cm³/mol. The fourth-order valence-corrected chi connectivity index (χ4v) is 8.10. The van der Waals surface area contributed by atoms with Crippen molar-refractivity contribution in [1.29, 1.82) is 0 Å². The second kappa shape index (κ2) is 29.4. The van der Waals surface area contributed by atoms with Crippen LogP contribution >= 0.6 is 0 Å². The number of carbonyl (C=O) groups excluding carboxylic acids is 9. The fraction of sp³-hybridized carbons (Fsp3) is 0.471. The molecule has 0 spiro atoms. The van der Waals surface area contributed by atoms with Crippen molar-refractivity contribution >= 4 is 53.2 Å². The number of benzene rings is 3. The van der Waals surface area contributed by atoms with E-state index in [0.29, 0.717) is 34.5 Å². The smallest absolute Gasteiger partial charge is 0.252 e. The van der Waals surface area contributed by atoms with Gasteiger partial charge in [0.2, 0.25) is 35.4 Å². The molecule has 0 heterocycles. The van der Waals surface area contributed by atoms with Crippen LogP contribution in [0.15, 0.2) is 54.6 Å². The molecular weight excluding hydrogens is 979 g/mol. The summed E-state index contributed by atoms with van der Waals surface area (Å²) in [4.78, 5) is 120. The molecular formula is C51H69N9O15. The summed E-state index contributed by atoms with van der Waals surface area (Å²) in [5.41, 5.74) is 0.342. The molecule has 0 aromatic heterocycles. The lowest BCUT2D eigenvalue weighted by molar-refractivity contribution is -0.126. The summed E-state index contributed by atoms with van der Waals surface area (Å²) in [6.45, 7) is 3.91. The van der Waals surface area contributed by atoms with Crippen LogP contribution in [0.5, 0.6) is 34.5 Å². The molecule has 24 nitrogen and oxygen atoms in total. The summed E-state index contributed by atoms with van der Waals surface area (Å²) >= 11 is 0. The third kappa shape index (κ3) is 19.2. The standard InChI is InChI=1S/C51H69N9O15/c1-28(61)52-13-10-43(58-46(64)31-16-37(70-4)25-38(17-31)71-5)49(67)55-34-22-35(56-50(68)44(11-14-53-29(2)62)59-47(65)32-18-39(72-6)26-40(19-32)73-7)24-36(23-34)57-51(69)45(12-15-54-30(3)63)60-48(66)33-20-41(74-8)27-42(21-33)75-9/h16-21,25-27,34-36,43-45H,10-15,22-24H2,1-9H3,(H,52,61)(H,53,62)(H,54,63)(H,55,67)(H,56,68)(H,57,69)(H,58,64)(H,59,65)(H,60,66)/t34-,35+,36-,43-,44-,45?/m0/s1. The van der Waals surface area contributed by atoms with Crippen molar-refractivity contribution in [2.75, 3.05) is 62.3 Å². The van der Waals surface area contributed by atoms with Crippen LogP contribution in [-0.4, -0.2) is 152 Å². The molecule has 0 bridgehead atoms. The van der Waals surface area contributed by atoms with Gasteiger partial charge in [-0.25, -0.2) is 0 Å². The minimum Gasteiger partial charge on any atom is -0.497 e. The minimum absolute atomic E-state index is 0.000557. The number of rotatable bonds is 27. The quantitative estimate of drug-likeness (QED) is 0.0507. The molecule has 1 saturated carbocycles. The molecule has 9 amide bonds. The summed E-state index contributed by atoms with van der Waals surface area (Å²) in [5, 5.41) is 25.0. The molecule has 0 saturated heterocycles. The maximum Gasteiger partial charge on any atom is 0.252 e. The average molecular weight is 1050 g/mol. The Morgan fingerprint density at radius 1 is 0.387 bits per heavy atom. The number of hydrogen-bond donors (Lipinski definition) is 9. The van der Waals surface area contributed by atoms with E-state index in [9.17, 15) is 43.2 Å². The molecule has 4 rings (SSSR count). The number of hydrogen-bond acceptors (Lipinski definition) is 15. The maximum absolute atomic E-state index is 14.4. The van der Waals surface area contributed by atoms with Gasteiger partial charge in [-0.3, -0.25) is 43.2 Å². The molecule has 3 aromatic rings. The second-order valence-corrected chi connectivity index (χ2v) is 17.5. The first kappa shape index (κ1) is 59.3. The third-order valence-electron chi connectivity index (χ3n) is 11.9. The lowest BCUT2D eigenvalue weighted by Crippen LogP contribution is -2.59. The molecule has 1 unspecified atom stereocenters. The monoisotopic (exact) mass is 1050 g/mol. The van der Waals surface area contributed by atoms with Crippen molar-refractivity contribution in [2.45, 2.75) is 95.5 Å². The highest BCUT2D eigenvalue weighted by Gasteiger charge is 2.36. The van der Waals surface area contributed by atoms with Gasteiger partial charge in [-0.05, 0) is 74.9 Å². The minimum atomic E-state index is -1.23. The van der Waals surface area contributed by atoms with E-state index in [1.54, 1.807) is 18.2 Å². The van der Waals surface area contributed by atoms with E-state index in [-0.39, 0.29) is 92.6 Å². The zero-order valence-electron chi connectivity index (χ0n) is 43.6. The van der Waals surface area contributed by atoms with Crippen molar-refractivity contribution in [2.24, 2.45) is 0 Å². The van der Waals surface area contributed by atoms with Gasteiger partial charge in [-0.1, -0.05) is 0 Å². The van der Waals surface area contributed by atoms with Gasteiger partial charge in [-0.2, -0.15) is 0 Å². The molecule has 9 N–H and O–H groups in total. The first-order valence-electron chi connectivity index (χ1n) is 24.0. The van der Waals surface area contributed by atoms with E-state index in [2.05, 4.69) is 47.9 Å². The van der Waals surface area contributed by atoms with Crippen molar-refractivity contribution in [3.05, 3.63) is 71.3 Å². The van der Waals surface area contributed by atoms with Gasteiger partial charge < -0.3 is 76.3 Å². The van der Waals surface area contributed by atoms with Gasteiger partial charge in [-0.15, -0.1) is 0 Å². The van der Waals surface area contributed by atoms with Crippen LogP contribution in [-0.2, 0) is 28.8 Å². The van der Waals surface area contributed by atoms with Crippen molar-refractivity contribution < 1.29 is 71.6 Å². The summed E-state index contributed by atoms with van der Waals surface area (Å²) in [6, 6.07) is 7.39. The van der Waals surface area contributed by atoms with E-state index >= 15 is 0 Å². The van der Waals surface area contributed by atoms with Crippen LogP contribution < -0.4 is 76.3 Å². The molecule has 408 valence electrons. The van der Waals surface area contributed by atoms with Crippen LogP contribution in [0.3, 0.4) is 0 Å². The highest BCUT2D eigenvalue weighted by molar-refractivity contribution is 6.00. The number of amides is 9. The molecule has 1 aliphatic rings. The first-order chi connectivity index (χ1) is 35.8. The summed E-state index contributed by atoms with van der Waals surface area (Å²) in [5.74, 6) is -3.16. The van der Waals surface area contributed by atoms with Gasteiger partial charge in [0, 0.05) is 93.4 Å². The number of carbonyl (C=O) groups is 9. The van der Waals surface area contributed by atoms with E-state index < -0.39 is 71.7 Å². The Balaban J connectivity index is 1.68. The van der Waals surface area contributed by atoms with Crippen molar-refractivity contribution in [1.82, 2.24) is 47.9 Å². The van der Waals surface area contributed by atoms with Crippen LogP contribution in [0.2, 0.25) is 0 Å². The molecule has 24 heteroatoms.